The van der Waals surface area contributed by atoms with Gasteiger partial charge in [-0.2, -0.15) is 0 Å². The topological polar surface area (TPSA) is 41.1 Å². The highest BCUT2D eigenvalue weighted by molar-refractivity contribution is 7.99. The van der Waals surface area contributed by atoms with Gasteiger partial charge in [0.2, 0.25) is 5.91 Å². The van der Waals surface area contributed by atoms with Crippen molar-refractivity contribution in [1.82, 2.24) is 10.6 Å². The first-order valence-corrected chi connectivity index (χ1v) is 7.61. The lowest BCUT2D eigenvalue weighted by molar-refractivity contribution is -0.122. The molecular weight excluding hydrogens is 327 g/mol. The van der Waals surface area contributed by atoms with Crippen LogP contribution in [0, 0.1) is 0 Å². The smallest absolute Gasteiger partial charge is 0.238 e. The molecule has 3 nitrogen and oxygen atoms in total. The lowest BCUT2D eigenvalue weighted by Gasteiger charge is -2.11. The molecule has 0 aliphatic carbocycles. The lowest BCUT2D eigenvalue weighted by atomic mass is 10.1. The van der Waals surface area contributed by atoms with Gasteiger partial charge in [-0.1, -0.05) is 35.3 Å². The van der Waals surface area contributed by atoms with Gasteiger partial charge in [0.05, 0.1) is 16.1 Å². The van der Waals surface area contributed by atoms with Crippen molar-refractivity contribution in [3.05, 3.63) is 33.8 Å². The summed E-state index contributed by atoms with van der Waals surface area (Å²) in [6.45, 7) is 0.571. The maximum absolute atomic E-state index is 11.7. The molecule has 1 heterocycles. The molecule has 1 aliphatic heterocycles. The molecule has 1 saturated heterocycles. The largest absolute Gasteiger partial charge is 0.354 e. The van der Waals surface area contributed by atoms with Gasteiger partial charge >= 0.3 is 0 Å². The summed E-state index contributed by atoms with van der Waals surface area (Å²) in [5, 5.41) is 7.16. The summed E-state index contributed by atoms with van der Waals surface area (Å²) in [4.78, 5) is 11.7. The average Bonchev–Trinajstić information content (AvgIpc) is 2.88. The molecular formula is C12H15Cl3N2OS. The van der Waals surface area contributed by atoms with Crippen LogP contribution in [0.2, 0.25) is 10.0 Å². The fourth-order valence-corrected chi connectivity index (χ4v) is 3.11. The van der Waals surface area contributed by atoms with Crippen molar-refractivity contribution in [1.29, 1.82) is 0 Å². The van der Waals surface area contributed by atoms with E-state index in [0.717, 1.165) is 17.2 Å². The van der Waals surface area contributed by atoms with E-state index in [1.165, 1.54) is 0 Å². The standard InChI is InChI=1S/C12H14Cl2N2OS.ClH/c13-9-3-1-2-8(11(9)14)4-5-15-12(17)10-6-18-7-16-10;/h1-3,10,16H,4-7H2,(H,15,17);1H. The van der Waals surface area contributed by atoms with Crippen molar-refractivity contribution in [2.24, 2.45) is 0 Å². The number of carbonyl (C=O) groups excluding carboxylic acids is 1. The number of rotatable bonds is 4. The summed E-state index contributed by atoms with van der Waals surface area (Å²) < 4.78 is 0. The molecule has 0 spiro atoms. The number of amides is 1. The van der Waals surface area contributed by atoms with Gasteiger partial charge in [-0.05, 0) is 18.1 Å². The van der Waals surface area contributed by atoms with Gasteiger partial charge < -0.3 is 5.32 Å². The van der Waals surface area contributed by atoms with Gasteiger partial charge in [-0.3, -0.25) is 10.1 Å². The van der Waals surface area contributed by atoms with Crippen LogP contribution in [0.3, 0.4) is 0 Å². The number of hydrogen-bond donors (Lipinski definition) is 2. The first-order chi connectivity index (χ1) is 8.68. The SMILES string of the molecule is Cl.O=C(NCCc1cccc(Cl)c1Cl)C1CSCN1. The number of benzene rings is 1. The number of halogens is 3. The lowest BCUT2D eigenvalue weighted by Crippen LogP contribution is -2.42. The van der Waals surface area contributed by atoms with Crippen molar-refractivity contribution < 1.29 is 4.79 Å². The molecule has 2 N–H and O–H groups in total. The molecule has 2 rings (SSSR count). The zero-order valence-corrected chi connectivity index (χ0v) is 13.3. The molecule has 1 aromatic rings. The minimum absolute atomic E-state index is 0. The Hall–Kier alpha value is -0.130. The first kappa shape index (κ1) is 16.9. The fourth-order valence-electron chi connectivity index (χ4n) is 1.75. The maximum atomic E-state index is 11.7. The van der Waals surface area contributed by atoms with Gasteiger partial charge in [0, 0.05) is 18.2 Å². The van der Waals surface area contributed by atoms with Gasteiger partial charge in [-0.25, -0.2) is 0 Å². The fraction of sp³-hybridized carbons (Fsp3) is 0.417. The zero-order chi connectivity index (χ0) is 13.0. The Morgan fingerprint density at radius 1 is 1.47 bits per heavy atom. The summed E-state index contributed by atoms with van der Waals surface area (Å²) in [6, 6.07) is 5.47. The first-order valence-electron chi connectivity index (χ1n) is 5.70. The van der Waals surface area contributed by atoms with Crippen LogP contribution in [-0.2, 0) is 11.2 Å². The zero-order valence-electron chi connectivity index (χ0n) is 10.1. The van der Waals surface area contributed by atoms with Crippen LogP contribution in [0.15, 0.2) is 18.2 Å². The molecule has 1 aliphatic rings. The van der Waals surface area contributed by atoms with Gasteiger partial charge in [0.15, 0.2) is 0 Å². The molecule has 1 amide bonds. The van der Waals surface area contributed by atoms with Crippen molar-refractivity contribution in [3.8, 4) is 0 Å². The third kappa shape index (κ3) is 4.72. The van der Waals surface area contributed by atoms with E-state index in [4.69, 9.17) is 23.2 Å². The second kappa shape index (κ2) is 8.22. The molecule has 1 aromatic carbocycles. The molecule has 0 bridgehead atoms. The summed E-state index contributed by atoms with van der Waals surface area (Å²) in [6.07, 6.45) is 0.686. The van der Waals surface area contributed by atoms with E-state index in [-0.39, 0.29) is 24.4 Å². The van der Waals surface area contributed by atoms with E-state index in [1.807, 2.05) is 12.1 Å². The third-order valence-corrected chi connectivity index (χ3v) is 4.56. The highest BCUT2D eigenvalue weighted by atomic mass is 35.5. The molecule has 19 heavy (non-hydrogen) atoms. The molecule has 1 unspecified atom stereocenters. The highest BCUT2D eigenvalue weighted by Gasteiger charge is 2.21. The molecule has 0 saturated carbocycles. The van der Waals surface area contributed by atoms with Crippen molar-refractivity contribution >= 4 is 53.3 Å². The maximum Gasteiger partial charge on any atom is 0.238 e. The predicted octanol–water partition coefficient (Wildman–Crippen LogP) is 2.74. The van der Waals surface area contributed by atoms with Crippen LogP contribution in [-0.4, -0.2) is 30.1 Å². The van der Waals surface area contributed by atoms with Crippen LogP contribution >= 0.6 is 47.4 Å². The number of carbonyl (C=O) groups is 1. The van der Waals surface area contributed by atoms with E-state index in [1.54, 1.807) is 17.8 Å². The third-order valence-electron chi connectivity index (χ3n) is 2.76. The van der Waals surface area contributed by atoms with Gasteiger partial charge in [-0.15, -0.1) is 24.2 Å². The number of hydrogen-bond acceptors (Lipinski definition) is 3. The quantitative estimate of drug-likeness (QED) is 0.885. The Bertz CT molecular complexity index is 439. The normalized spacial score (nSPS) is 17.9. The van der Waals surface area contributed by atoms with Crippen LogP contribution < -0.4 is 10.6 Å². The average molecular weight is 342 g/mol. The Kier molecular flexibility index (Phi) is 7.32. The van der Waals surface area contributed by atoms with Crippen molar-refractivity contribution in [2.45, 2.75) is 12.5 Å². The molecule has 1 atom stereocenters. The Labute approximate surface area is 133 Å². The number of nitrogens with one attached hydrogen (secondary N) is 2. The van der Waals surface area contributed by atoms with E-state index in [2.05, 4.69) is 10.6 Å². The molecule has 7 heteroatoms. The second-order valence-electron chi connectivity index (χ2n) is 4.03. The highest BCUT2D eigenvalue weighted by Crippen LogP contribution is 2.25. The molecule has 0 aromatic heterocycles. The van der Waals surface area contributed by atoms with Crippen LogP contribution in [0.25, 0.3) is 0 Å². The van der Waals surface area contributed by atoms with Crippen LogP contribution in [0.1, 0.15) is 5.56 Å². The van der Waals surface area contributed by atoms with Gasteiger partial charge in [0.25, 0.3) is 0 Å². The number of thioether (sulfide) groups is 1. The molecule has 0 radical (unpaired) electrons. The molecule has 106 valence electrons. The van der Waals surface area contributed by atoms with Crippen LogP contribution in [0.4, 0.5) is 0 Å². The Balaban J connectivity index is 0.00000180. The van der Waals surface area contributed by atoms with E-state index in [0.29, 0.717) is 23.0 Å². The Morgan fingerprint density at radius 2 is 2.26 bits per heavy atom. The van der Waals surface area contributed by atoms with Crippen molar-refractivity contribution in [3.63, 3.8) is 0 Å². The monoisotopic (exact) mass is 340 g/mol. The summed E-state index contributed by atoms with van der Waals surface area (Å²) >= 11 is 13.7. The molecule has 1 fully saturated rings. The minimum atomic E-state index is -0.0650. The van der Waals surface area contributed by atoms with Gasteiger partial charge in [0.1, 0.15) is 0 Å². The minimum Gasteiger partial charge on any atom is -0.354 e. The Morgan fingerprint density at radius 3 is 2.95 bits per heavy atom. The summed E-state index contributed by atoms with van der Waals surface area (Å²) in [7, 11) is 0. The van der Waals surface area contributed by atoms with E-state index >= 15 is 0 Å². The van der Waals surface area contributed by atoms with E-state index < -0.39 is 0 Å². The summed E-state index contributed by atoms with van der Waals surface area (Å²) in [5.74, 6) is 1.74. The predicted molar refractivity (Wildman–Crippen MR) is 84.7 cm³/mol. The van der Waals surface area contributed by atoms with Crippen molar-refractivity contribution in [2.75, 3.05) is 18.2 Å². The van der Waals surface area contributed by atoms with Crippen LogP contribution in [0.5, 0.6) is 0 Å². The van der Waals surface area contributed by atoms with E-state index in [9.17, 15) is 4.79 Å². The summed E-state index contributed by atoms with van der Waals surface area (Å²) in [5.41, 5.74) is 0.957. The second-order valence-corrected chi connectivity index (χ2v) is 5.84.